The monoisotopic (exact) mass is 551 g/mol. The first-order chi connectivity index (χ1) is 18.6. The first-order valence-electron chi connectivity index (χ1n) is 11.8. The number of benzene rings is 2. The van der Waals surface area contributed by atoms with E-state index in [4.69, 9.17) is 14.2 Å². The fourth-order valence-corrected chi connectivity index (χ4v) is 5.82. The molecule has 0 saturated carbocycles. The molecule has 1 atom stereocenters. The van der Waals surface area contributed by atoms with Crippen LogP contribution in [-0.2, 0) is 9.53 Å². The van der Waals surface area contributed by atoms with Crippen molar-refractivity contribution >= 4 is 35.0 Å². The number of rotatable bonds is 10. The minimum atomic E-state index is -0.646. The van der Waals surface area contributed by atoms with Crippen molar-refractivity contribution in [1.29, 1.82) is 0 Å². The van der Waals surface area contributed by atoms with Crippen LogP contribution in [0, 0.1) is 0 Å². The molecular weight excluding hydrogens is 526 g/mol. The van der Waals surface area contributed by atoms with E-state index >= 15 is 0 Å². The third-order valence-corrected chi connectivity index (χ3v) is 7.87. The number of aromatic nitrogens is 6. The predicted molar refractivity (Wildman–Crippen MR) is 143 cm³/mol. The highest BCUT2D eigenvalue weighted by Gasteiger charge is 2.36. The van der Waals surface area contributed by atoms with E-state index in [0.717, 1.165) is 26.9 Å². The summed E-state index contributed by atoms with van der Waals surface area (Å²) in [5, 5.41) is 24.8. The second kappa shape index (κ2) is 11.6. The van der Waals surface area contributed by atoms with Gasteiger partial charge in [-0.1, -0.05) is 71.5 Å². The Kier molecular flexibility index (Phi) is 7.84. The zero-order valence-electron chi connectivity index (χ0n) is 21.0. The Hall–Kier alpha value is -3.97. The minimum Gasteiger partial charge on any atom is -0.493 e. The zero-order valence-corrected chi connectivity index (χ0v) is 22.6. The fourth-order valence-electron chi connectivity index (χ4n) is 3.99. The summed E-state index contributed by atoms with van der Waals surface area (Å²) < 4.78 is 18.9. The number of hydrogen-bond acceptors (Lipinski definition) is 12. The van der Waals surface area contributed by atoms with Gasteiger partial charge in [0.2, 0.25) is 5.95 Å². The summed E-state index contributed by atoms with van der Waals surface area (Å²) in [6.07, 6.45) is 0.866. The first-order valence-corrected chi connectivity index (χ1v) is 13.6. The molecule has 11 nitrogen and oxygen atoms in total. The summed E-state index contributed by atoms with van der Waals surface area (Å²) in [6, 6.07) is 14.8. The molecule has 0 saturated heterocycles. The molecule has 0 radical (unpaired) electrons. The van der Waals surface area contributed by atoms with Crippen LogP contribution in [0.2, 0.25) is 0 Å². The molecule has 3 heterocycles. The molecule has 0 spiro atoms. The van der Waals surface area contributed by atoms with E-state index in [1.807, 2.05) is 55.5 Å². The fraction of sp³-hybridized carbons (Fsp3) is 0.280. The number of hydrogen-bond donors (Lipinski definition) is 1. The van der Waals surface area contributed by atoms with Gasteiger partial charge in [0.1, 0.15) is 11.0 Å². The van der Waals surface area contributed by atoms with Gasteiger partial charge in [0.15, 0.2) is 15.8 Å². The van der Waals surface area contributed by atoms with Crippen LogP contribution in [0.15, 0.2) is 64.1 Å². The zero-order chi connectivity index (χ0) is 26.5. The lowest BCUT2D eigenvalue weighted by Gasteiger charge is -2.28. The third-order valence-electron chi connectivity index (χ3n) is 5.74. The van der Waals surface area contributed by atoms with Crippen LogP contribution < -0.4 is 14.8 Å². The smallest absolute Gasteiger partial charge is 0.338 e. The Labute approximate surface area is 227 Å². The molecule has 0 aliphatic carbocycles. The number of nitrogens with zero attached hydrogens (tertiary/aromatic N) is 6. The number of thioether (sulfide) groups is 1. The molecule has 2 aromatic carbocycles. The topological polar surface area (TPSA) is 126 Å². The SMILES string of the molecule is CCCOc1ccc(C2C(C(=O)OC)=C(CSc3nnc(-c4ccccc4)s3)Nc3nnnn32)cc1OC. The predicted octanol–water partition coefficient (Wildman–Crippen LogP) is 4.22. The van der Waals surface area contributed by atoms with Gasteiger partial charge in [-0.25, -0.2) is 4.79 Å². The second-order valence-corrected chi connectivity index (χ2v) is 10.3. The van der Waals surface area contributed by atoms with Crippen molar-refractivity contribution in [3.63, 3.8) is 0 Å². The van der Waals surface area contributed by atoms with E-state index in [1.165, 1.54) is 30.2 Å². The molecule has 1 N–H and O–H groups in total. The lowest BCUT2D eigenvalue weighted by Crippen LogP contribution is -2.31. The molecule has 2 aromatic heterocycles. The average molecular weight is 552 g/mol. The number of anilines is 1. The van der Waals surface area contributed by atoms with Crippen LogP contribution in [0.5, 0.6) is 11.5 Å². The number of esters is 1. The maximum atomic E-state index is 13.2. The first kappa shape index (κ1) is 25.7. The van der Waals surface area contributed by atoms with Crippen LogP contribution >= 0.6 is 23.1 Å². The number of methoxy groups -OCH3 is 2. The normalized spacial score (nSPS) is 14.6. The third kappa shape index (κ3) is 5.20. The van der Waals surface area contributed by atoms with Crippen molar-refractivity contribution < 1.29 is 19.0 Å². The molecule has 0 amide bonds. The highest BCUT2D eigenvalue weighted by Crippen LogP contribution is 2.40. The molecule has 1 aliphatic rings. The lowest BCUT2D eigenvalue weighted by atomic mass is 9.95. The van der Waals surface area contributed by atoms with Crippen molar-refractivity contribution in [3.05, 3.63) is 65.4 Å². The van der Waals surface area contributed by atoms with Crippen molar-refractivity contribution in [3.8, 4) is 22.1 Å². The van der Waals surface area contributed by atoms with Gasteiger partial charge in [-0.05, 0) is 34.5 Å². The summed E-state index contributed by atoms with van der Waals surface area (Å²) in [6.45, 7) is 2.60. The van der Waals surface area contributed by atoms with Gasteiger partial charge < -0.3 is 19.5 Å². The van der Waals surface area contributed by atoms with Gasteiger partial charge in [0, 0.05) is 17.0 Å². The summed E-state index contributed by atoms with van der Waals surface area (Å²) >= 11 is 2.95. The highest BCUT2D eigenvalue weighted by molar-refractivity contribution is 8.01. The maximum absolute atomic E-state index is 13.2. The van der Waals surface area contributed by atoms with E-state index in [1.54, 1.807) is 11.8 Å². The molecule has 196 valence electrons. The number of carbonyl (C=O) groups is 1. The van der Waals surface area contributed by atoms with Crippen molar-refractivity contribution in [2.75, 3.05) is 31.9 Å². The molecule has 4 aromatic rings. The van der Waals surface area contributed by atoms with E-state index in [0.29, 0.717) is 41.1 Å². The van der Waals surface area contributed by atoms with E-state index in [9.17, 15) is 4.79 Å². The highest BCUT2D eigenvalue weighted by atomic mass is 32.2. The Balaban J connectivity index is 1.49. The number of tetrazole rings is 1. The minimum absolute atomic E-state index is 0.386. The van der Waals surface area contributed by atoms with Gasteiger partial charge in [-0.15, -0.1) is 10.2 Å². The number of carbonyl (C=O) groups excluding carboxylic acids is 1. The van der Waals surface area contributed by atoms with Gasteiger partial charge in [-0.2, -0.15) is 4.68 Å². The van der Waals surface area contributed by atoms with Crippen LogP contribution in [0.1, 0.15) is 24.9 Å². The summed E-state index contributed by atoms with van der Waals surface area (Å²) in [5.74, 6) is 1.48. The molecule has 0 bridgehead atoms. The molecule has 5 rings (SSSR count). The van der Waals surface area contributed by atoms with Crippen LogP contribution in [0.25, 0.3) is 10.6 Å². The van der Waals surface area contributed by atoms with Gasteiger partial charge in [0.25, 0.3) is 0 Å². The Morgan fingerprint density at radius 3 is 2.71 bits per heavy atom. The van der Waals surface area contributed by atoms with Crippen molar-refractivity contribution in [2.24, 2.45) is 0 Å². The Morgan fingerprint density at radius 1 is 1.11 bits per heavy atom. The molecule has 38 heavy (non-hydrogen) atoms. The molecule has 1 aliphatic heterocycles. The van der Waals surface area contributed by atoms with Crippen LogP contribution in [-0.4, -0.2) is 63.0 Å². The lowest BCUT2D eigenvalue weighted by molar-refractivity contribution is -0.136. The standard InChI is InChI=1S/C25H25N7O4S2/c1-4-12-36-18-11-10-16(13-19(18)34-2)21-20(23(33)35-3)17(26-24-28-30-31-32(21)24)14-37-25-29-27-22(38-25)15-8-6-5-7-9-15/h5-11,13,21H,4,12,14H2,1-3H3,(H,26,28,31). The van der Waals surface area contributed by atoms with Crippen LogP contribution in [0.4, 0.5) is 5.95 Å². The summed E-state index contributed by atoms with van der Waals surface area (Å²) in [4.78, 5) is 13.2. The van der Waals surface area contributed by atoms with Crippen molar-refractivity contribution in [1.82, 2.24) is 30.4 Å². The summed E-state index contributed by atoms with van der Waals surface area (Å²) in [7, 11) is 2.93. The molecular formula is C25H25N7O4S2. The molecule has 1 unspecified atom stereocenters. The van der Waals surface area contributed by atoms with E-state index < -0.39 is 12.0 Å². The Morgan fingerprint density at radius 2 is 1.95 bits per heavy atom. The second-order valence-electron chi connectivity index (χ2n) is 8.14. The van der Waals surface area contributed by atoms with E-state index in [2.05, 4.69) is 31.0 Å². The number of ether oxygens (including phenoxy) is 3. The maximum Gasteiger partial charge on any atom is 0.338 e. The van der Waals surface area contributed by atoms with Crippen molar-refractivity contribution in [2.45, 2.75) is 23.7 Å². The molecule has 13 heteroatoms. The van der Waals surface area contributed by atoms with Crippen LogP contribution in [0.3, 0.4) is 0 Å². The quantitative estimate of drug-likeness (QED) is 0.225. The van der Waals surface area contributed by atoms with Gasteiger partial charge in [-0.3, -0.25) is 0 Å². The summed E-state index contributed by atoms with van der Waals surface area (Å²) in [5.41, 5.74) is 2.75. The van der Waals surface area contributed by atoms with Gasteiger partial charge in [0.05, 0.1) is 26.4 Å². The largest absolute Gasteiger partial charge is 0.493 e. The Bertz CT molecular complexity index is 1450. The molecule has 0 fully saturated rings. The number of nitrogens with one attached hydrogen (secondary N) is 1. The van der Waals surface area contributed by atoms with E-state index in [-0.39, 0.29) is 0 Å². The number of fused-ring (bicyclic) bond motifs is 1. The average Bonchev–Trinajstić information content (AvgIpc) is 3.64. The van der Waals surface area contributed by atoms with Gasteiger partial charge >= 0.3 is 5.97 Å².